The van der Waals surface area contributed by atoms with Crippen molar-refractivity contribution in [1.29, 1.82) is 0 Å². The van der Waals surface area contributed by atoms with Crippen LogP contribution in [-0.2, 0) is 4.79 Å². The summed E-state index contributed by atoms with van der Waals surface area (Å²) in [7, 11) is 1.66. The van der Waals surface area contributed by atoms with Crippen LogP contribution in [-0.4, -0.2) is 37.0 Å². The number of carbonyl (C=O) groups is 1. The van der Waals surface area contributed by atoms with E-state index in [-0.39, 0.29) is 17.9 Å². The molecule has 1 heterocycles. The molecular weight excluding hydrogens is 240 g/mol. The van der Waals surface area contributed by atoms with Gasteiger partial charge in [0, 0.05) is 25.6 Å². The van der Waals surface area contributed by atoms with Gasteiger partial charge in [-0.3, -0.25) is 4.79 Å². The molecule has 1 aliphatic heterocycles. The fourth-order valence-electron chi connectivity index (χ4n) is 2.59. The number of benzene rings is 1. The van der Waals surface area contributed by atoms with Gasteiger partial charge in [0.2, 0.25) is 5.91 Å². The van der Waals surface area contributed by atoms with E-state index >= 15 is 0 Å². The summed E-state index contributed by atoms with van der Waals surface area (Å²) >= 11 is 0. The summed E-state index contributed by atoms with van der Waals surface area (Å²) in [5.41, 5.74) is 6.92. The highest BCUT2D eigenvalue weighted by molar-refractivity contribution is 5.77. The van der Waals surface area contributed by atoms with Gasteiger partial charge in [-0.25, -0.2) is 0 Å². The molecular formula is C15H22N2O2. The predicted molar refractivity (Wildman–Crippen MR) is 75.2 cm³/mol. The molecule has 4 nitrogen and oxygen atoms in total. The summed E-state index contributed by atoms with van der Waals surface area (Å²) in [6, 6.07) is 8.01. The molecule has 1 amide bonds. The first-order valence-electron chi connectivity index (χ1n) is 6.78. The number of hydrogen-bond donors (Lipinski definition) is 1. The molecule has 0 radical (unpaired) electrons. The van der Waals surface area contributed by atoms with Crippen molar-refractivity contribution in [2.24, 2.45) is 5.73 Å². The summed E-state index contributed by atoms with van der Waals surface area (Å²) in [4.78, 5) is 14.1. The fourth-order valence-corrected chi connectivity index (χ4v) is 2.59. The Morgan fingerprint density at radius 3 is 2.89 bits per heavy atom. The van der Waals surface area contributed by atoms with Crippen LogP contribution >= 0.6 is 0 Å². The number of rotatable bonds is 4. The number of hydrogen-bond acceptors (Lipinski definition) is 3. The molecule has 0 bridgehead atoms. The highest BCUT2D eigenvalue weighted by atomic mass is 16.5. The normalized spacial score (nSPS) is 20.4. The molecule has 0 aliphatic carbocycles. The minimum atomic E-state index is 0.144. The van der Waals surface area contributed by atoms with E-state index < -0.39 is 0 Å². The molecule has 1 fully saturated rings. The van der Waals surface area contributed by atoms with Crippen LogP contribution in [0.15, 0.2) is 24.3 Å². The van der Waals surface area contributed by atoms with Crippen molar-refractivity contribution in [2.75, 3.05) is 20.2 Å². The van der Waals surface area contributed by atoms with Crippen LogP contribution < -0.4 is 10.5 Å². The van der Waals surface area contributed by atoms with E-state index in [1.54, 1.807) is 7.11 Å². The molecule has 1 aliphatic rings. The van der Waals surface area contributed by atoms with Crippen molar-refractivity contribution < 1.29 is 9.53 Å². The van der Waals surface area contributed by atoms with Gasteiger partial charge < -0.3 is 15.4 Å². The zero-order valence-electron chi connectivity index (χ0n) is 11.6. The molecule has 1 unspecified atom stereocenters. The van der Waals surface area contributed by atoms with Crippen LogP contribution in [0.25, 0.3) is 0 Å². The van der Waals surface area contributed by atoms with E-state index in [2.05, 4.69) is 6.92 Å². The minimum absolute atomic E-state index is 0.144. The zero-order valence-corrected chi connectivity index (χ0v) is 11.6. The Balaban J connectivity index is 2.00. The van der Waals surface area contributed by atoms with Crippen molar-refractivity contribution in [3.63, 3.8) is 0 Å². The van der Waals surface area contributed by atoms with Crippen molar-refractivity contribution >= 4 is 5.91 Å². The fraction of sp³-hybridized carbons (Fsp3) is 0.533. The third-order valence-electron chi connectivity index (χ3n) is 3.73. The Bertz CT molecular complexity index is 448. The van der Waals surface area contributed by atoms with Gasteiger partial charge in [0.05, 0.1) is 7.11 Å². The Labute approximate surface area is 114 Å². The molecule has 0 spiro atoms. The average Bonchev–Trinajstić information content (AvgIpc) is 2.85. The third-order valence-corrected chi connectivity index (χ3v) is 3.73. The summed E-state index contributed by atoms with van der Waals surface area (Å²) < 4.78 is 5.35. The number of para-hydroxylation sites is 1. The smallest absolute Gasteiger partial charge is 0.223 e. The summed E-state index contributed by atoms with van der Waals surface area (Å²) in [5.74, 6) is 1.19. The maximum absolute atomic E-state index is 12.2. The lowest BCUT2D eigenvalue weighted by molar-refractivity contribution is -0.130. The quantitative estimate of drug-likeness (QED) is 0.899. The number of amides is 1. The molecule has 1 saturated heterocycles. The molecule has 2 N–H and O–H groups in total. The molecule has 2 rings (SSSR count). The van der Waals surface area contributed by atoms with Crippen molar-refractivity contribution in [3.8, 4) is 5.75 Å². The van der Waals surface area contributed by atoms with Crippen molar-refractivity contribution in [1.82, 2.24) is 4.90 Å². The van der Waals surface area contributed by atoms with Gasteiger partial charge in [0.25, 0.3) is 0 Å². The molecule has 0 aromatic heterocycles. The van der Waals surface area contributed by atoms with E-state index in [0.717, 1.165) is 24.3 Å². The number of nitrogens with zero attached hydrogens (tertiary/aromatic N) is 1. The topological polar surface area (TPSA) is 55.6 Å². The Kier molecular flexibility index (Phi) is 4.43. The van der Waals surface area contributed by atoms with Gasteiger partial charge in [-0.1, -0.05) is 25.1 Å². The van der Waals surface area contributed by atoms with Crippen LogP contribution in [0.2, 0.25) is 0 Å². The maximum Gasteiger partial charge on any atom is 0.223 e. The monoisotopic (exact) mass is 262 g/mol. The molecule has 0 saturated carbocycles. The number of carbonyl (C=O) groups excluding carboxylic acids is 1. The number of nitrogens with two attached hydrogens (primary N) is 1. The van der Waals surface area contributed by atoms with E-state index in [0.29, 0.717) is 13.0 Å². The van der Waals surface area contributed by atoms with Crippen LogP contribution in [0.5, 0.6) is 5.75 Å². The van der Waals surface area contributed by atoms with Gasteiger partial charge >= 0.3 is 0 Å². The maximum atomic E-state index is 12.2. The number of ether oxygens (including phenoxy) is 1. The first-order valence-corrected chi connectivity index (χ1v) is 6.78. The molecule has 2 atom stereocenters. The standard InChI is InChI=1S/C15H22N2O2/c1-11(13-5-3-4-6-14(13)19-2)9-15(18)17-8-7-12(16)10-17/h3-6,11-12H,7-10,16H2,1-2H3/t11?,12-/m1/s1. The number of methoxy groups -OCH3 is 1. The second-order valence-corrected chi connectivity index (χ2v) is 5.24. The van der Waals surface area contributed by atoms with E-state index in [1.807, 2.05) is 29.2 Å². The number of likely N-dealkylation sites (tertiary alicyclic amines) is 1. The highest BCUT2D eigenvalue weighted by Gasteiger charge is 2.25. The molecule has 1 aromatic carbocycles. The average molecular weight is 262 g/mol. The van der Waals surface area contributed by atoms with E-state index in [4.69, 9.17) is 10.5 Å². The third kappa shape index (κ3) is 3.26. The summed E-state index contributed by atoms with van der Waals surface area (Å²) in [5, 5.41) is 0. The lowest BCUT2D eigenvalue weighted by atomic mass is 9.96. The van der Waals surface area contributed by atoms with Crippen molar-refractivity contribution in [3.05, 3.63) is 29.8 Å². The van der Waals surface area contributed by atoms with Gasteiger partial charge in [-0.05, 0) is 24.0 Å². The zero-order chi connectivity index (χ0) is 13.8. The van der Waals surface area contributed by atoms with E-state index in [9.17, 15) is 4.79 Å². The van der Waals surface area contributed by atoms with Gasteiger partial charge in [0.15, 0.2) is 0 Å². The largest absolute Gasteiger partial charge is 0.496 e. The van der Waals surface area contributed by atoms with Crippen LogP contribution in [0.4, 0.5) is 0 Å². The summed E-state index contributed by atoms with van der Waals surface area (Å²) in [6.45, 7) is 3.54. The molecule has 19 heavy (non-hydrogen) atoms. The lowest BCUT2D eigenvalue weighted by Crippen LogP contribution is -2.32. The Morgan fingerprint density at radius 2 is 2.26 bits per heavy atom. The van der Waals surface area contributed by atoms with Gasteiger partial charge in [-0.2, -0.15) is 0 Å². The first kappa shape index (κ1) is 13.9. The van der Waals surface area contributed by atoms with E-state index in [1.165, 1.54) is 0 Å². The predicted octanol–water partition coefficient (Wildman–Crippen LogP) is 1.75. The van der Waals surface area contributed by atoms with Crippen LogP contribution in [0.3, 0.4) is 0 Å². The second kappa shape index (κ2) is 6.06. The molecule has 1 aromatic rings. The first-order chi connectivity index (χ1) is 9.11. The summed E-state index contributed by atoms with van der Waals surface area (Å²) in [6.07, 6.45) is 1.42. The minimum Gasteiger partial charge on any atom is -0.496 e. The van der Waals surface area contributed by atoms with Crippen molar-refractivity contribution in [2.45, 2.75) is 31.7 Å². The van der Waals surface area contributed by atoms with Gasteiger partial charge in [0.1, 0.15) is 5.75 Å². The Morgan fingerprint density at radius 1 is 1.53 bits per heavy atom. The molecule has 4 heteroatoms. The molecule has 104 valence electrons. The highest BCUT2D eigenvalue weighted by Crippen LogP contribution is 2.29. The SMILES string of the molecule is COc1ccccc1C(C)CC(=O)N1CC[C@@H](N)C1. The second-order valence-electron chi connectivity index (χ2n) is 5.24. The van der Waals surface area contributed by atoms with Crippen LogP contribution in [0, 0.1) is 0 Å². The van der Waals surface area contributed by atoms with Gasteiger partial charge in [-0.15, -0.1) is 0 Å². The Hall–Kier alpha value is -1.55. The van der Waals surface area contributed by atoms with Crippen LogP contribution in [0.1, 0.15) is 31.2 Å². The lowest BCUT2D eigenvalue weighted by Gasteiger charge is -2.20.